The summed E-state index contributed by atoms with van der Waals surface area (Å²) in [5.74, 6) is -0.508. The summed E-state index contributed by atoms with van der Waals surface area (Å²) in [6.07, 6.45) is 0. The first-order chi connectivity index (χ1) is 8.41. The summed E-state index contributed by atoms with van der Waals surface area (Å²) in [4.78, 5) is -0.128. The SMILES string of the molecule is O=S(=O)(c1ccc(F)cc1)c1cc(Cl)ccc1Cl. The van der Waals surface area contributed by atoms with Crippen LogP contribution >= 0.6 is 23.2 Å². The summed E-state index contributed by atoms with van der Waals surface area (Å²) in [6.45, 7) is 0. The van der Waals surface area contributed by atoms with Crippen molar-refractivity contribution in [2.45, 2.75) is 9.79 Å². The maximum absolute atomic E-state index is 12.8. The summed E-state index contributed by atoms with van der Waals surface area (Å²) in [5.41, 5.74) is 0. The van der Waals surface area contributed by atoms with Gasteiger partial charge in [0.05, 0.1) is 14.8 Å². The largest absolute Gasteiger partial charge is 0.218 e. The Morgan fingerprint density at radius 2 is 1.56 bits per heavy atom. The first-order valence-electron chi connectivity index (χ1n) is 4.87. The molecule has 0 saturated carbocycles. The maximum atomic E-state index is 12.8. The molecule has 0 radical (unpaired) electrons. The highest BCUT2D eigenvalue weighted by Crippen LogP contribution is 2.29. The molecule has 18 heavy (non-hydrogen) atoms. The van der Waals surface area contributed by atoms with Crippen molar-refractivity contribution in [2.24, 2.45) is 0 Å². The van der Waals surface area contributed by atoms with E-state index in [9.17, 15) is 12.8 Å². The smallest absolute Gasteiger partial charge is 0.208 e. The number of rotatable bonds is 2. The summed E-state index contributed by atoms with van der Waals surface area (Å²) in [6, 6.07) is 8.68. The molecular weight excluding hydrogens is 298 g/mol. The molecule has 0 unspecified atom stereocenters. The summed E-state index contributed by atoms with van der Waals surface area (Å²) < 4.78 is 37.3. The quantitative estimate of drug-likeness (QED) is 0.787. The molecule has 2 aromatic carbocycles. The normalized spacial score (nSPS) is 11.5. The zero-order valence-electron chi connectivity index (χ0n) is 8.90. The lowest BCUT2D eigenvalue weighted by Crippen LogP contribution is -2.02. The molecule has 94 valence electrons. The van der Waals surface area contributed by atoms with Crippen LogP contribution in [0.25, 0.3) is 0 Å². The Balaban J connectivity index is 2.61. The van der Waals surface area contributed by atoms with Crippen LogP contribution in [-0.2, 0) is 9.84 Å². The Morgan fingerprint density at radius 1 is 0.944 bits per heavy atom. The highest BCUT2D eigenvalue weighted by molar-refractivity contribution is 7.91. The van der Waals surface area contributed by atoms with Crippen LogP contribution in [0.2, 0.25) is 10.0 Å². The number of benzene rings is 2. The van der Waals surface area contributed by atoms with Gasteiger partial charge >= 0.3 is 0 Å². The van der Waals surface area contributed by atoms with Crippen LogP contribution in [0.5, 0.6) is 0 Å². The van der Waals surface area contributed by atoms with Gasteiger partial charge in [0, 0.05) is 5.02 Å². The van der Waals surface area contributed by atoms with Crippen LogP contribution < -0.4 is 0 Å². The predicted molar refractivity (Wildman–Crippen MR) is 68.3 cm³/mol. The van der Waals surface area contributed by atoms with E-state index in [1.54, 1.807) is 0 Å². The fourth-order valence-electron chi connectivity index (χ4n) is 1.42. The van der Waals surface area contributed by atoms with Crippen molar-refractivity contribution in [3.63, 3.8) is 0 Å². The molecule has 0 aliphatic heterocycles. The molecule has 0 saturated heterocycles. The van der Waals surface area contributed by atoms with Gasteiger partial charge in [-0.05, 0) is 42.5 Å². The second-order valence-corrected chi connectivity index (χ2v) is 6.29. The van der Waals surface area contributed by atoms with Crippen LogP contribution in [0.3, 0.4) is 0 Å². The number of hydrogen-bond acceptors (Lipinski definition) is 2. The zero-order valence-corrected chi connectivity index (χ0v) is 11.2. The average Bonchev–Trinajstić information content (AvgIpc) is 2.32. The fraction of sp³-hybridized carbons (Fsp3) is 0. The van der Waals surface area contributed by atoms with Gasteiger partial charge in [0.15, 0.2) is 0 Å². The molecule has 0 spiro atoms. The molecule has 0 N–H and O–H groups in total. The fourth-order valence-corrected chi connectivity index (χ4v) is 3.44. The Kier molecular flexibility index (Phi) is 3.61. The Bertz CT molecular complexity index is 682. The van der Waals surface area contributed by atoms with Gasteiger partial charge in [0.2, 0.25) is 9.84 Å². The molecule has 0 atom stereocenters. The van der Waals surface area contributed by atoms with E-state index in [1.165, 1.54) is 30.3 Å². The van der Waals surface area contributed by atoms with Crippen LogP contribution in [0.1, 0.15) is 0 Å². The molecule has 0 aliphatic rings. The van der Waals surface area contributed by atoms with Gasteiger partial charge in [-0.3, -0.25) is 0 Å². The number of hydrogen-bond donors (Lipinski definition) is 0. The van der Waals surface area contributed by atoms with Crippen molar-refractivity contribution in [1.29, 1.82) is 0 Å². The third-order valence-electron chi connectivity index (χ3n) is 2.31. The minimum atomic E-state index is -3.79. The molecule has 2 aromatic rings. The molecule has 0 aromatic heterocycles. The number of halogens is 3. The van der Waals surface area contributed by atoms with Crippen molar-refractivity contribution in [3.05, 3.63) is 58.3 Å². The van der Waals surface area contributed by atoms with E-state index in [4.69, 9.17) is 23.2 Å². The standard InChI is InChI=1S/C12H7Cl2FO2S/c13-8-1-6-11(14)12(7-8)18(16,17)10-4-2-9(15)3-5-10/h1-7H. The highest BCUT2D eigenvalue weighted by Gasteiger charge is 2.21. The lowest BCUT2D eigenvalue weighted by Gasteiger charge is -2.07. The van der Waals surface area contributed by atoms with E-state index >= 15 is 0 Å². The van der Waals surface area contributed by atoms with Crippen LogP contribution in [0.4, 0.5) is 4.39 Å². The molecule has 0 bridgehead atoms. The molecule has 2 rings (SSSR count). The summed E-state index contributed by atoms with van der Waals surface area (Å²) in [7, 11) is -3.79. The topological polar surface area (TPSA) is 34.1 Å². The highest BCUT2D eigenvalue weighted by atomic mass is 35.5. The van der Waals surface area contributed by atoms with Crippen molar-refractivity contribution < 1.29 is 12.8 Å². The maximum Gasteiger partial charge on any atom is 0.208 e. The monoisotopic (exact) mass is 304 g/mol. The van der Waals surface area contributed by atoms with E-state index in [-0.39, 0.29) is 19.8 Å². The minimum absolute atomic E-state index is 0.0342. The molecule has 6 heteroatoms. The van der Waals surface area contributed by atoms with Gasteiger partial charge in [0.25, 0.3) is 0 Å². The lowest BCUT2D eigenvalue weighted by molar-refractivity contribution is 0.595. The second kappa shape index (κ2) is 4.88. The van der Waals surface area contributed by atoms with E-state index < -0.39 is 15.7 Å². The molecule has 2 nitrogen and oxygen atoms in total. The van der Waals surface area contributed by atoms with E-state index in [2.05, 4.69) is 0 Å². The molecular formula is C12H7Cl2FO2S. The molecule has 0 heterocycles. The zero-order chi connectivity index (χ0) is 13.3. The van der Waals surface area contributed by atoms with Gasteiger partial charge in [0.1, 0.15) is 5.82 Å². The average molecular weight is 305 g/mol. The lowest BCUT2D eigenvalue weighted by atomic mass is 10.3. The second-order valence-electron chi connectivity index (χ2n) is 3.53. The molecule has 0 fully saturated rings. The Morgan fingerprint density at radius 3 is 2.17 bits per heavy atom. The minimum Gasteiger partial charge on any atom is -0.218 e. The predicted octanol–water partition coefficient (Wildman–Crippen LogP) is 3.97. The van der Waals surface area contributed by atoms with Crippen LogP contribution in [0.15, 0.2) is 52.3 Å². The Labute approximate surface area is 114 Å². The van der Waals surface area contributed by atoms with Gasteiger partial charge in [-0.1, -0.05) is 23.2 Å². The first-order valence-corrected chi connectivity index (χ1v) is 7.11. The van der Waals surface area contributed by atoms with Gasteiger partial charge in [-0.2, -0.15) is 0 Å². The van der Waals surface area contributed by atoms with Gasteiger partial charge < -0.3 is 0 Å². The first kappa shape index (κ1) is 13.3. The van der Waals surface area contributed by atoms with Gasteiger partial charge in [-0.15, -0.1) is 0 Å². The van der Waals surface area contributed by atoms with Crippen LogP contribution in [-0.4, -0.2) is 8.42 Å². The van der Waals surface area contributed by atoms with E-state index in [0.717, 1.165) is 12.1 Å². The number of sulfone groups is 1. The van der Waals surface area contributed by atoms with E-state index in [1.807, 2.05) is 0 Å². The third kappa shape index (κ3) is 2.51. The molecule has 0 aliphatic carbocycles. The van der Waals surface area contributed by atoms with E-state index in [0.29, 0.717) is 0 Å². The van der Waals surface area contributed by atoms with Gasteiger partial charge in [-0.25, -0.2) is 12.8 Å². The third-order valence-corrected chi connectivity index (χ3v) is 4.79. The summed E-state index contributed by atoms with van der Waals surface area (Å²) in [5, 5.41) is 0.337. The van der Waals surface area contributed by atoms with Crippen LogP contribution in [0, 0.1) is 5.82 Å². The Hall–Kier alpha value is -1.10. The molecule has 0 amide bonds. The van der Waals surface area contributed by atoms with Crippen molar-refractivity contribution in [2.75, 3.05) is 0 Å². The summed E-state index contributed by atoms with van der Waals surface area (Å²) >= 11 is 11.6. The van der Waals surface area contributed by atoms with Crippen molar-refractivity contribution in [1.82, 2.24) is 0 Å². The van der Waals surface area contributed by atoms with Crippen molar-refractivity contribution in [3.8, 4) is 0 Å². The van der Waals surface area contributed by atoms with Crippen molar-refractivity contribution >= 4 is 33.0 Å².